The van der Waals surface area contributed by atoms with Gasteiger partial charge >= 0.3 is 5.97 Å². The van der Waals surface area contributed by atoms with Gasteiger partial charge in [-0.1, -0.05) is 23.4 Å². The van der Waals surface area contributed by atoms with E-state index in [0.717, 1.165) is 22.3 Å². The summed E-state index contributed by atoms with van der Waals surface area (Å²) in [5.41, 5.74) is 1.58. The van der Waals surface area contributed by atoms with Crippen molar-refractivity contribution in [2.75, 3.05) is 7.11 Å². The number of carbonyl (C=O) groups is 1. The average molecular weight is 378 g/mol. The Labute approximate surface area is 160 Å². The van der Waals surface area contributed by atoms with E-state index in [4.69, 9.17) is 18.4 Å². The number of para-hydroxylation sites is 1. The highest BCUT2D eigenvalue weighted by molar-refractivity contribution is 5.77. The summed E-state index contributed by atoms with van der Waals surface area (Å²) in [6.45, 7) is 0.0917. The maximum atomic E-state index is 12.0. The molecular formula is C21H18N2O5. The fourth-order valence-electron chi connectivity index (χ4n) is 2.75. The molecule has 0 N–H and O–H groups in total. The molecule has 0 saturated carbocycles. The zero-order chi connectivity index (χ0) is 19.3. The number of aromatic nitrogens is 2. The average Bonchev–Trinajstić information content (AvgIpc) is 3.37. The molecule has 4 aromatic rings. The molecular weight excluding hydrogens is 360 g/mol. The van der Waals surface area contributed by atoms with Crippen LogP contribution in [0.2, 0.25) is 0 Å². The van der Waals surface area contributed by atoms with Crippen molar-refractivity contribution in [1.82, 2.24) is 10.1 Å². The Morgan fingerprint density at radius 1 is 1.11 bits per heavy atom. The first kappa shape index (κ1) is 17.8. The first-order valence-electron chi connectivity index (χ1n) is 8.81. The van der Waals surface area contributed by atoms with Crippen LogP contribution >= 0.6 is 0 Å². The van der Waals surface area contributed by atoms with Gasteiger partial charge in [0.1, 0.15) is 23.7 Å². The predicted octanol–water partition coefficient (Wildman–Crippen LogP) is 4.17. The largest absolute Gasteiger partial charge is 0.497 e. The molecule has 7 nitrogen and oxygen atoms in total. The van der Waals surface area contributed by atoms with Crippen molar-refractivity contribution in [2.24, 2.45) is 0 Å². The SMILES string of the molecule is COc1ccc(-c2noc(CCC(=O)OCc3cc4ccccc4o3)n2)cc1. The molecule has 0 aliphatic carbocycles. The summed E-state index contributed by atoms with van der Waals surface area (Å²) < 4.78 is 21.2. The molecule has 4 rings (SSSR count). The quantitative estimate of drug-likeness (QED) is 0.446. The normalized spacial score (nSPS) is 10.9. The number of rotatable bonds is 7. The van der Waals surface area contributed by atoms with E-state index in [0.29, 0.717) is 23.9 Å². The zero-order valence-corrected chi connectivity index (χ0v) is 15.3. The lowest BCUT2D eigenvalue weighted by Gasteiger charge is -2.01. The Morgan fingerprint density at radius 3 is 2.71 bits per heavy atom. The summed E-state index contributed by atoms with van der Waals surface area (Å²) in [5.74, 6) is 1.85. The maximum absolute atomic E-state index is 12.0. The summed E-state index contributed by atoms with van der Waals surface area (Å²) in [7, 11) is 1.61. The molecule has 0 spiro atoms. The van der Waals surface area contributed by atoms with E-state index in [1.165, 1.54) is 0 Å². The van der Waals surface area contributed by atoms with Crippen LogP contribution in [-0.2, 0) is 22.6 Å². The number of ether oxygens (including phenoxy) is 2. The summed E-state index contributed by atoms with van der Waals surface area (Å²) >= 11 is 0. The molecule has 7 heteroatoms. The van der Waals surface area contributed by atoms with Crippen LogP contribution < -0.4 is 4.74 Å². The molecule has 0 atom stereocenters. The molecule has 2 aromatic carbocycles. The van der Waals surface area contributed by atoms with E-state index < -0.39 is 0 Å². The molecule has 0 amide bonds. The number of aryl methyl sites for hydroxylation is 1. The molecule has 142 valence electrons. The number of fused-ring (bicyclic) bond motifs is 1. The van der Waals surface area contributed by atoms with Crippen molar-refractivity contribution in [3.8, 4) is 17.1 Å². The van der Waals surface area contributed by atoms with Crippen molar-refractivity contribution >= 4 is 16.9 Å². The van der Waals surface area contributed by atoms with E-state index in [1.54, 1.807) is 7.11 Å². The van der Waals surface area contributed by atoms with Crippen LogP contribution in [0.3, 0.4) is 0 Å². The second-order valence-electron chi connectivity index (χ2n) is 6.15. The van der Waals surface area contributed by atoms with Gasteiger partial charge in [-0.05, 0) is 36.4 Å². The first-order chi connectivity index (χ1) is 13.7. The number of benzene rings is 2. The Morgan fingerprint density at radius 2 is 1.93 bits per heavy atom. The first-order valence-corrected chi connectivity index (χ1v) is 8.81. The van der Waals surface area contributed by atoms with Gasteiger partial charge in [-0.15, -0.1) is 0 Å². The fraction of sp³-hybridized carbons (Fsp3) is 0.190. The minimum absolute atomic E-state index is 0.0917. The van der Waals surface area contributed by atoms with Gasteiger partial charge < -0.3 is 18.4 Å². The van der Waals surface area contributed by atoms with Crippen LogP contribution in [0.15, 0.2) is 63.5 Å². The molecule has 0 aliphatic rings. The van der Waals surface area contributed by atoms with Crippen molar-refractivity contribution in [1.29, 1.82) is 0 Å². The Kier molecular flexibility index (Phi) is 5.05. The lowest BCUT2D eigenvalue weighted by molar-refractivity contribution is -0.145. The van der Waals surface area contributed by atoms with E-state index in [2.05, 4.69) is 10.1 Å². The number of nitrogens with zero attached hydrogens (tertiary/aromatic N) is 2. The topological polar surface area (TPSA) is 87.6 Å². The van der Waals surface area contributed by atoms with Gasteiger partial charge in [0.05, 0.1) is 13.5 Å². The van der Waals surface area contributed by atoms with E-state index in [9.17, 15) is 4.79 Å². The zero-order valence-electron chi connectivity index (χ0n) is 15.3. The minimum Gasteiger partial charge on any atom is -0.497 e. The van der Waals surface area contributed by atoms with E-state index >= 15 is 0 Å². The molecule has 0 saturated heterocycles. The minimum atomic E-state index is -0.357. The third kappa shape index (κ3) is 4.03. The van der Waals surface area contributed by atoms with Gasteiger partial charge in [0.2, 0.25) is 11.7 Å². The van der Waals surface area contributed by atoms with E-state index in [-0.39, 0.29) is 19.0 Å². The van der Waals surface area contributed by atoms with Gasteiger partial charge in [-0.3, -0.25) is 4.79 Å². The van der Waals surface area contributed by atoms with Crippen LogP contribution in [0.4, 0.5) is 0 Å². The number of furan rings is 1. The van der Waals surface area contributed by atoms with E-state index in [1.807, 2.05) is 54.6 Å². The Balaban J connectivity index is 1.29. The molecule has 0 fully saturated rings. The molecule has 2 aromatic heterocycles. The molecule has 2 heterocycles. The van der Waals surface area contributed by atoms with Crippen molar-refractivity contribution in [3.63, 3.8) is 0 Å². The molecule has 0 unspecified atom stereocenters. The third-order valence-electron chi connectivity index (χ3n) is 4.21. The van der Waals surface area contributed by atoms with Gasteiger partial charge in [0.15, 0.2) is 0 Å². The molecule has 0 bridgehead atoms. The van der Waals surface area contributed by atoms with Gasteiger partial charge in [0, 0.05) is 17.4 Å². The smallest absolute Gasteiger partial charge is 0.306 e. The van der Waals surface area contributed by atoms with Crippen molar-refractivity contribution < 1.29 is 23.2 Å². The highest BCUT2D eigenvalue weighted by Gasteiger charge is 2.12. The summed E-state index contributed by atoms with van der Waals surface area (Å²) in [6, 6.07) is 16.8. The summed E-state index contributed by atoms with van der Waals surface area (Å²) in [5, 5.41) is 4.92. The van der Waals surface area contributed by atoms with Crippen LogP contribution in [0, 0.1) is 0 Å². The van der Waals surface area contributed by atoms with Gasteiger partial charge in [-0.25, -0.2) is 0 Å². The van der Waals surface area contributed by atoms with Crippen LogP contribution in [0.25, 0.3) is 22.4 Å². The number of carbonyl (C=O) groups excluding carboxylic acids is 1. The van der Waals surface area contributed by atoms with Crippen molar-refractivity contribution in [3.05, 3.63) is 66.2 Å². The second kappa shape index (κ2) is 7.96. The Hall–Kier alpha value is -3.61. The Bertz CT molecular complexity index is 1050. The monoisotopic (exact) mass is 378 g/mol. The molecule has 28 heavy (non-hydrogen) atoms. The standard InChI is InChI=1S/C21H18N2O5/c1-25-16-8-6-14(7-9-16)21-22-19(28-23-21)10-11-20(24)26-13-17-12-15-4-2-3-5-18(15)27-17/h2-9,12H,10-11,13H2,1H3. The third-order valence-corrected chi connectivity index (χ3v) is 4.21. The highest BCUT2D eigenvalue weighted by atomic mass is 16.5. The van der Waals surface area contributed by atoms with Gasteiger partial charge in [0.25, 0.3) is 0 Å². The van der Waals surface area contributed by atoms with Crippen LogP contribution in [0.5, 0.6) is 5.75 Å². The molecule has 0 radical (unpaired) electrons. The predicted molar refractivity (Wildman–Crippen MR) is 101 cm³/mol. The second-order valence-corrected chi connectivity index (χ2v) is 6.15. The highest BCUT2D eigenvalue weighted by Crippen LogP contribution is 2.21. The lowest BCUT2D eigenvalue weighted by Crippen LogP contribution is -2.05. The number of methoxy groups -OCH3 is 1. The lowest BCUT2D eigenvalue weighted by atomic mass is 10.2. The number of hydrogen-bond acceptors (Lipinski definition) is 7. The van der Waals surface area contributed by atoms with Crippen LogP contribution in [0.1, 0.15) is 18.1 Å². The van der Waals surface area contributed by atoms with Gasteiger partial charge in [-0.2, -0.15) is 4.98 Å². The van der Waals surface area contributed by atoms with Crippen molar-refractivity contribution in [2.45, 2.75) is 19.4 Å². The summed E-state index contributed by atoms with van der Waals surface area (Å²) in [6.07, 6.45) is 0.451. The fourth-order valence-corrected chi connectivity index (χ4v) is 2.75. The number of esters is 1. The molecule has 0 aliphatic heterocycles. The summed E-state index contributed by atoms with van der Waals surface area (Å²) in [4.78, 5) is 16.3. The maximum Gasteiger partial charge on any atom is 0.306 e. The number of hydrogen-bond donors (Lipinski definition) is 0. The van der Waals surface area contributed by atoms with Crippen LogP contribution in [-0.4, -0.2) is 23.2 Å².